The summed E-state index contributed by atoms with van der Waals surface area (Å²) in [4.78, 5) is 29.1. The Hall–Kier alpha value is -2.78. The first-order valence-electron chi connectivity index (χ1n) is 14.0. The smallest absolute Gasteiger partial charge is 0.243 e. The maximum Gasteiger partial charge on any atom is 0.243 e. The van der Waals surface area contributed by atoms with E-state index in [0.717, 1.165) is 17.4 Å². The summed E-state index contributed by atoms with van der Waals surface area (Å²) < 4.78 is 26.8. The van der Waals surface area contributed by atoms with Crippen LogP contribution in [0, 0.1) is 12.8 Å². The van der Waals surface area contributed by atoms with Crippen molar-refractivity contribution in [1.29, 1.82) is 0 Å². The Kier molecular flexibility index (Phi) is 12.8. The first-order valence-corrected chi connectivity index (χ1v) is 17.0. The Morgan fingerprint density at radius 2 is 1.60 bits per heavy atom. The lowest BCUT2D eigenvalue weighted by atomic mass is 10.0. The van der Waals surface area contributed by atoms with Gasteiger partial charge in [-0.05, 0) is 60.2 Å². The lowest BCUT2D eigenvalue weighted by molar-refractivity contribution is -0.141. The zero-order chi connectivity index (χ0) is 31.7. The highest BCUT2D eigenvalue weighted by atomic mass is 35.5. The largest absolute Gasteiger partial charge is 0.354 e. The van der Waals surface area contributed by atoms with Gasteiger partial charge in [-0.1, -0.05) is 91.1 Å². The second-order valence-corrected chi connectivity index (χ2v) is 14.1. The molecule has 0 saturated carbocycles. The molecule has 0 spiro atoms. The van der Waals surface area contributed by atoms with Gasteiger partial charge in [0.05, 0.1) is 22.0 Å². The molecule has 0 aliphatic heterocycles. The molecule has 3 rings (SSSR count). The van der Waals surface area contributed by atoms with Crippen molar-refractivity contribution in [3.05, 3.63) is 98.5 Å². The summed E-state index contributed by atoms with van der Waals surface area (Å²) in [5.41, 5.74) is 2.82. The molecule has 3 aromatic carbocycles. The Morgan fingerprint density at radius 3 is 2.23 bits per heavy atom. The molecule has 0 fully saturated rings. The molecule has 11 heteroatoms. The van der Waals surface area contributed by atoms with Gasteiger partial charge in [0.2, 0.25) is 21.8 Å². The molecule has 232 valence electrons. The van der Waals surface area contributed by atoms with Gasteiger partial charge in [-0.15, -0.1) is 0 Å². The van der Waals surface area contributed by atoms with Gasteiger partial charge in [-0.2, -0.15) is 0 Å². The molecule has 0 aromatic heterocycles. The highest BCUT2D eigenvalue weighted by Gasteiger charge is 2.31. The van der Waals surface area contributed by atoms with Crippen molar-refractivity contribution >= 4 is 62.3 Å². The van der Waals surface area contributed by atoms with Crippen LogP contribution < -0.4 is 9.62 Å². The van der Waals surface area contributed by atoms with Gasteiger partial charge in [0.25, 0.3) is 0 Å². The first kappa shape index (κ1) is 34.7. The van der Waals surface area contributed by atoms with Gasteiger partial charge >= 0.3 is 0 Å². The monoisotopic (exact) mass is 665 g/mol. The molecular weight excluding hydrogens is 629 g/mol. The van der Waals surface area contributed by atoms with Crippen LogP contribution in [0.25, 0.3) is 0 Å². The van der Waals surface area contributed by atoms with Crippen LogP contribution in [0.2, 0.25) is 15.1 Å². The van der Waals surface area contributed by atoms with Gasteiger partial charge in [0.15, 0.2) is 0 Å². The molecule has 0 bridgehead atoms. The summed E-state index contributed by atoms with van der Waals surface area (Å²) in [5.74, 6) is -0.335. The molecular formula is C32H38Cl3N3O4S. The van der Waals surface area contributed by atoms with Crippen molar-refractivity contribution in [3.63, 3.8) is 0 Å². The zero-order valence-corrected chi connectivity index (χ0v) is 27.9. The van der Waals surface area contributed by atoms with Gasteiger partial charge in [0, 0.05) is 37.5 Å². The summed E-state index contributed by atoms with van der Waals surface area (Å²) in [5, 5.41) is 4.13. The van der Waals surface area contributed by atoms with Crippen molar-refractivity contribution in [3.8, 4) is 0 Å². The van der Waals surface area contributed by atoms with Gasteiger partial charge in [-0.3, -0.25) is 13.9 Å². The standard InChI is InChI=1S/C32H38Cl3N3O4S/c1-22(2)20-36-32(40)30(18-24-9-6-5-7-10-24)37(21-25-13-15-27(34)28(35)17-25)31(39)11-8-16-38(43(4,41)42)29-19-26(33)14-12-23(29)3/h5-7,9-10,12-15,17,19,22,30H,8,11,16,18,20-21H2,1-4H3,(H,36,40). The minimum absolute atomic E-state index is 0.00963. The minimum atomic E-state index is -3.66. The molecule has 7 nitrogen and oxygen atoms in total. The van der Waals surface area contributed by atoms with Crippen molar-refractivity contribution in [2.24, 2.45) is 5.92 Å². The number of hydrogen-bond acceptors (Lipinski definition) is 4. The molecule has 1 unspecified atom stereocenters. The van der Waals surface area contributed by atoms with E-state index in [9.17, 15) is 18.0 Å². The van der Waals surface area contributed by atoms with E-state index in [1.807, 2.05) is 44.2 Å². The fourth-order valence-electron chi connectivity index (χ4n) is 4.64. The lowest BCUT2D eigenvalue weighted by Crippen LogP contribution is -2.51. The average molecular weight is 667 g/mol. The maximum atomic E-state index is 14.0. The van der Waals surface area contributed by atoms with E-state index >= 15 is 0 Å². The molecule has 0 radical (unpaired) electrons. The fourth-order valence-corrected chi connectivity index (χ4v) is 6.15. The number of aryl methyl sites for hydroxylation is 1. The summed E-state index contributed by atoms with van der Waals surface area (Å²) in [6.45, 7) is 6.44. The molecule has 2 amide bonds. The molecule has 0 heterocycles. The van der Waals surface area contributed by atoms with Gasteiger partial charge in [-0.25, -0.2) is 8.42 Å². The second-order valence-electron chi connectivity index (χ2n) is 11.0. The van der Waals surface area contributed by atoms with Crippen LogP contribution >= 0.6 is 34.8 Å². The molecule has 1 N–H and O–H groups in total. The number of benzene rings is 3. The molecule has 0 saturated heterocycles. The third-order valence-corrected chi connectivity index (χ3v) is 9.04. The van der Waals surface area contributed by atoms with E-state index < -0.39 is 16.1 Å². The van der Waals surface area contributed by atoms with Crippen LogP contribution in [0.15, 0.2) is 66.7 Å². The van der Waals surface area contributed by atoms with E-state index in [1.54, 1.807) is 48.2 Å². The molecule has 3 aromatic rings. The predicted octanol–water partition coefficient (Wildman–Crippen LogP) is 6.91. The van der Waals surface area contributed by atoms with Crippen LogP contribution in [0.5, 0.6) is 0 Å². The number of nitrogens with zero attached hydrogens (tertiary/aromatic N) is 2. The van der Waals surface area contributed by atoms with Crippen LogP contribution in [0.4, 0.5) is 5.69 Å². The van der Waals surface area contributed by atoms with Gasteiger partial charge < -0.3 is 10.2 Å². The molecule has 0 aliphatic rings. The number of halogens is 3. The Bertz CT molecular complexity index is 1520. The Labute approximate surface area is 270 Å². The molecule has 1 atom stereocenters. The summed E-state index contributed by atoms with van der Waals surface area (Å²) in [6, 6.07) is 18.9. The van der Waals surface area contributed by atoms with Crippen molar-refractivity contribution in [2.45, 2.75) is 52.6 Å². The average Bonchev–Trinajstić information content (AvgIpc) is 2.94. The zero-order valence-electron chi connectivity index (χ0n) is 24.8. The van der Waals surface area contributed by atoms with E-state index in [1.165, 1.54) is 4.31 Å². The predicted molar refractivity (Wildman–Crippen MR) is 176 cm³/mol. The Balaban J connectivity index is 1.92. The number of hydrogen-bond donors (Lipinski definition) is 1. The Morgan fingerprint density at radius 1 is 0.907 bits per heavy atom. The van der Waals surface area contributed by atoms with Crippen molar-refractivity contribution < 1.29 is 18.0 Å². The molecule has 43 heavy (non-hydrogen) atoms. The fraction of sp³-hybridized carbons (Fsp3) is 0.375. The number of anilines is 1. The summed E-state index contributed by atoms with van der Waals surface area (Å²) in [7, 11) is -3.66. The first-order chi connectivity index (χ1) is 20.3. The number of nitrogens with one attached hydrogen (secondary N) is 1. The van der Waals surface area contributed by atoms with E-state index in [0.29, 0.717) is 39.3 Å². The number of carbonyl (C=O) groups is 2. The lowest BCUT2D eigenvalue weighted by Gasteiger charge is -2.32. The van der Waals surface area contributed by atoms with E-state index in [-0.39, 0.29) is 43.7 Å². The van der Waals surface area contributed by atoms with Crippen LogP contribution in [-0.4, -0.2) is 50.5 Å². The van der Waals surface area contributed by atoms with Crippen molar-refractivity contribution in [1.82, 2.24) is 10.2 Å². The van der Waals surface area contributed by atoms with Crippen molar-refractivity contribution in [2.75, 3.05) is 23.7 Å². The van der Waals surface area contributed by atoms with E-state index in [2.05, 4.69) is 5.32 Å². The number of rotatable bonds is 14. The third-order valence-electron chi connectivity index (χ3n) is 6.88. The van der Waals surface area contributed by atoms with Crippen LogP contribution in [0.1, 0.15) is 43.4 Å². The third kappa shape index (κ3) is 10.4. The topological polar surface area (TPSA) is 86.8 Å². The summed E-state index contributed by atoms with van der Waals surface area (Å²) in [6.07, 6.45) is 1.66. The minimum Gasteiger partial charge on any atom is -0.354 e. The number of carbonyl (C=O) groups excluding carboxylic acids is 2. The second kappa shape index (κ2) is 15.8. The normalized spacial score (nSPS) is 12.2. The number of sulfonamides is 1. The highest BCUT2D eigenvalue weighted by molar-refractivity contribution is 7.92. The SMILES string of the molecule is Cc1ccc(Cl)cc1N(CCCC(=O)N(Cc1ccc(Cl)c(Cl)c1)C(Cc1ccccc1)C(=O)NCC(C)C)S(C)(=O)=O. The highest BCUT2D eigenvalue weighted by Crippen LogP contribution is 2.28. The number of amides is 2. The maximum absolute atomic E-state index is 14.0. The molecule has 0 aliphatic carbocycles. The van der Waals surface area contributed by atoms with E-state index in [4.69, 9.17) is 34.8 Å². The summed E-state index contributed by atoms with van der Waals surface area (Å²) >= 11 is 18.6. The quantitative estimate of drug-likeness (QED) is 0.203. The van der Waals surface area contributed by atoms with Crippen LogP contribution in [0.3, 0.4) is 0 Å². The van der Waals surface area contributed by atoms with Gasteiger partial charge in [0.1, 0.15) is 6.04 Å². The van der Waals surface area contributed by atoms with Crippen LogP contribution in [-0.2, 0) is 32.6 Å².